The second-order valence-electron chi connectivity index (χ2n) is 4.11. The van der Waals surface area contributed by atoms with Crippen LogP contribution in [0, 0.1) is 6.92 Å². The Balaban J connectivity index is 0.00000220. The van der Waals surface area contributed by atoms with Gasteiger partial charge in [0.15, 0.2) is 5.16 Å². The van der Waals surface area contributed by atoms with Gasteiger partial charge in [-0.25, -0.2) is 4.98 Å². The summed E-state index contributed by atoms with van der Waals surface area (Å²) < 4.78 is 1.90. The SMILES string of the molecule is C=CCn1c(CN)nnc1SCc1cc(=O)[nH]c(C)n1.Cl.Cl. The molecule has 0 aliphatic carbocycles. The molecule has 0 aliphatic heterocycles. The molecule has 0 amide bonds. The number of hydrogen-bond donors (Lipinski definition) is 2. The van der Waals surface area contributed by atoms with Gasteiger partial charge in [0.2, 0.25) is 0 Å². The molecule has 0 unspecified atom stereocenters. The van der Waals surface area contributed by atoms with Crippen LogP contribution in [0.5, 0.6) is 0 Å². The molecule has 0 saturated heterocycles. The summed E-state index contributed by atoms with van der Waals surface area (Å²) in [5, 5.41) is 8.87. The van der Waals surface area contributed by atoms with Crippen LogP contribution in [0.1, 0.15) is 17.3 Å². The van der Waals surface area contributed by atoms with Crippen molar-refractivity contribution in [1.29, 1.82) is 0 Å². The molecule has 10 heteroatoms. The van der Waals surface area contributed by atoms with Gasteiger partial charge in [-0.15, -0.1) is 41.6 Å². The number of aromatic nitrogens is 5. The molecule has 122 valence electrons. The second kappa shape index (κ2) is 9.62. The van der Waals surface area contributed by atoms with Crippen LogP contribution in [-0.4, -0.2) is 24.7 Å². The van der Waals surface area contributed by atoms with Crippen molar-refractivity contribution < 1.29 is 0 Å². The largest absolute Gasteiger partial charge is 0.324 e. The normalized spacial score (nSPS) is 9.73. The maximum absolute atomic E-state index is 11.4. The van der Waals surface area contributed by atoms with Crippen LogP contribution in [0.3, 0.4) is 0 Å². The van der Waals surface area contributed by atoms with Crippen LogP contribution in [0.2, 0.25) is 0 Å². The van der Waals surface area contributed by atoms with Crippen LogP contribution in [0.25, 0.3) is 0 Å². The number of rotatable bonds is 6. The highest BCUT2D eigenvalue weighted by Crippen LogP contribution is 2.20. The Labute approximate surface area is 144 Å². The van der Waals surface area contributed by atoms with E-state index in [1.54, 1.807) is 13.0 Å². The fourth-order valence-corrected chi connectivity index (χ4v) is 2.60. The van der Waals surface area contributed by atoms with E-state index in [4.69, 9.17) is 5.73 Å². The lowest BCUT2D eigenvalue weighted by atomic mass is 10.4. The molecule has 7 nitrogen and oxygen atoms in total. The van der Waals surface area contributed by atoms with E-state index < -0.39 is 0 Å². The third-order valence-electron chi connectivity index (χ3n) is 2.55. The Hall–Kier alpha value is -1.35. The number of allylic oxidation sites excluding steroid dienone is 1. The Bertz CT molecular complexity index is 672. The molecule has 2 heterocycles. The van der Waals surface area contributed by atoms with Gasteiger partial charge in [-0.2, -0.15) is 0 Å². The molecular formula is C12H18Cl2N6OS. The van der Waals surface area contributed by atoms with Crippen molar-refractivity contribution in [2.75, 3.05) is 0 Å². The van der Waals surface area contributed by atoms with E-state index in [0.717, 1.165) is 5.16 Å². The Morgan fingerprint density at radius 2 is 2.18 bits per heavy atom. The highest BCUT2D eigenvalue weighted by Gasteiger charge is 2.11. The summed E-state index contributed by atoms with van der Waals surface area (Å²) in [6.07, 6.45) is 1.77. The first kappa shape index (κ1) is 20.6. The molecule has 0 saturated carbocycles. The number of nitrogens with two attached hydrogens (primary N) is 1. The number of nitrogens with one attached hydrogen (secondary N) is 1. The molecule has 2 rings (SSSR count). The van der Waals surface area contributed by atoms with Crippen LogP contribution in [-0.2, 0) is 18.8 Å². The molecule has 3 N–H and O–H groups in total. The minimum atomic E-state index is -0.150. The van der Waals surface area contributed by atoms with Gasteiger partial charge in [-0.05, 0) is 6.92 Å². The number of aromatic amines is 1. The van der Waals surface area contributed by atoms with E-state index in [1.807, 2.05) is 4.57 Å². The van der Waals surface area contributed by atoms with Crippen molar-refractivity contribution in [2.45, 2.75) is 30.9 Å². The summed E-state index contributed by atoms with van der Waals surface area (Å²) in [5.74, 6) is 1.86. The van der Waals surface area contributed by atoms with E-state index in [-0.39, 0.29) is 30.4 Å². The average Bonchev–Trinajstić information content (AvgIpc) is 2.78. The number of hydrogen-bond acceptors (Lipinski definition) is 6. The first-order valence-corrected chi connectivity index (χ1v) is 7.05. The van der Waals surface area contributed by atoms with E-state index in [2.05, 4.69) is 26.7 Å². The fraction of sp³-hybridized carbons (Fsp3) is 0.333. The second-order valence-corrected chi connectivity index (χ2v) is 5.06. The zero-order chi connectivity index (χ0) is 14.5. The quantitative estimate of drug-likeness (QED) is 0.593. The zero-order valence-electron chi connectivity index (χ0n) is 12.0. The van der Waals surface area contributed by atoms with Crippen molar-refractivity contribution in [1.82, 2.24) is 24.7 Å². The molecule has 2 aromatic heterocycles. The summed E-state index contributed by atoms with van der Waals surface area (Å²) in [7, 11) is 0. The Morgan fingerprint density at radius 1 is 1.45 bits per heavy atom. The summed E-state index contributed by atoms with van der Waals surface area (Å²) in [4.78, 5) is 18.3. The monoisotopic (exact) mass is 364 g/mol. The van der Waals surface area contributed by atoms with E-state index in [1.165, 1.54) is 17.8 Å². The molecule has 22 heavy (non-hydrogen) atoms. The van der Waals surface area contributed by atoms with Gasteiger partial charge in [-0.1, -0.05) is 17.8 Å². The van der Waals surface area contributed by atoms with Crippen molar-refractivity contribution in [2.24, 2.45) is 5.73 Å². The summed E-state index contributed by atoms with van der Waals surface area (Å²) in [6.45, 7) is 6.39. The predicted molar refractivity (Wildman–Crippen MR) is 91.8 cm³/mol. The van der Waals surface area contributed by atoms with Gasteiger partial charge >= 0.3 is 0 Å². The molecule has 2 aromatic rings. The van der Waals surface area contributed by atoms with Crippen molar-refractivity contribution in [3.63, 3.8) is 0 Å². The number of aryl methyl sites for hydroxylation is 1. The molecular weight excluding hydrogens is 347 g/mol. The van der Waals surface area contributed by atoms with Gasteiger partial charge in [0.1, 0.15) is 11.6 Å². The first-order valence-electron chi connectivity index (χ1n) is 6.06. The van der Waals surface area contributed by atoms with Crippen LogP contribution < -0.4 is 11.3 Å². The van der Waals surface area contributed by atoms with Crippen molar-refractivity contribution in [3.05, 3.63) is 46.4 Å². The molecule has 0 spiro atoms. The maximum Gasteiger partial charge on any atom is 0.251 e. The van der Waals surface area contributed by atoms with Crippen molar-refractivity contribution >= 4 is 36.6 Å². The molecule has 0 aliphatic rings. The molecule has 0 aromatic carbocycles. The smallest absolute Gasteiger partial charge is 0.251 e. The molecule has 0 atom stereocenters. The standard InChI is InChI=1S/C12H16N6OS.2ClH/c1-3-4-18-10(6-13)16-17-12(18)20-7-9-5-11(19)15-8(2)14-9;;/h3,5H,1,4,6-7,13H2,2H3,(H,14,15,19);2*1H. The molecule has 0 radical (unpaired) electrons. The maximum atomic E-state index is 11.4. The fourth-order valence-electron chi connectivity index (χ4n) is 1.74. The van der Waals surface area contributed by atoms with Crippen LogP contribution >= 0.6 is 36.6 Å². The highest BCUT2D eigenvalue weighted by atomic mass is 35.5. The van der Waals surface area contributed by atoms with E-state index in [9.17, 15) is 4.79 Å². The van der Waals surface area contributed by atoms with Gasteiger partial charge in [0.25, 0.3) is 5.56 Å². The van der Waals surface area contributed by atoms with Gasteiger partial charge in [0, 0.05) is 18.4 Å². The third-order valence-corrected chi connectivity index (χ3v) is 3.55. The summed E-state index contributed by atoms with van der Waals surface area (Å²) in [5.41, 5.74) is 6.17. The minimum absolute atomic E-state index is 0. The van der Waals surface area contributed by atoms with Crippen LogP contribution in [0.15, 0.2) is 28.7 Å². The zero-order valence-corrected chi connectivity index (χ0v) is 14.4. The third kappa shape index (κ3) is 5.13. The lowest BCUT2D eigenvalue weighted by Crippen LogP contribution is -2.10. The van der Waals surface area contributed by atoms with Gasteiger partial charge in [-0.3, -0.25) is 4.79 Å². The summed E-state index contributed by atoms with van der Waals surface area (Å²) >= 11 is 1.46. The number of halogens is 2. The number of H-pyrrole nitrogens is 1. The predicted octanol–water partition coefficient (Wildman–Crippen LogP) is 1.45. The number of nitrogens with zero attached hydrogens (tertiary/aromatic N) is 4. The number of thioether (sulfide) groups is 1. The summed E-state index contributed by atoms with van der Waals surface area (Å²) in [6, 6.07) is 1.48. The van der Waals surface area contributed by atoms with Gasteiger partial charge in [0.05, 0.1) is 12.2 Å². The minimum Gasteiger partial charge on any atom is -0.324 e. The Morgan fingerprint density at radius 3 is 2.77 bits per heavy atom. The van der Waals surface area contributed by atoms with Crippen molar-refractivity contribution in [3.8, 4) is 0 Å². The lowest BCUT2D eigenvalue weighted by Gasteiger charge is -2.06. The Kier molecular flexibility index (Phi) is 9.03. The molecule has 0 bridgehead atoms. The van der Waals surface area contributed by atoms with E-state index in [0.29, 0.717) is 36.2 Å². The average molecular weight is 365 g/mol. The van der Waals surface area contributed by atoms with Gasteiger partial charge < -0.3 is 15.3 Å². The van der Waals surface area contributed by atoms with Crippen LogP contribution in [0.4, 0.5) is 0 Å². The lowest BCUT2D eigenvalue weighted by molar-refractivity contribution is 0.680. The topological polar surface area (TPSA) is 102 Å². The molecule has 0 fully saturated rings. The highest BCUT2D eigenvalue weighted by molar-refractivity contribution is 7.98. The van der Waals surface area contributed by atoms with E-state index >= 15 is 0 Å². The first-order chi connectivity index (χ1) is 9.63.